The second-order valence-corrected chi connectivity index (χ2v) is 3.91. The van der Waals surface area contributed by atoms with Crippen LogP contribution in [0.2, 0.25) is 0 Å². The summed E-state index contributed by atoms with van der Waals surface area (Å²) in [5, 5.41) is 8.98. The van der Waals surface area contributed by atoms with Crippen LogP contribution in [0.15, 0.2) is 36.4 Å². The molecule has 2 heteroatoms. The largest absolute Gasteiger partial charge is 0.481 e. The minimum atomic E-state index is -0.670. The summed E-state index contributed by atoms with van der Waals surface area (Å²) in [6, 6.07) is 10.0. The summed E-state index contributed by atoms with van der Waals surface area (Å²) in [5.41, 5.74) is 2.33. The van der Waals surface area contributed by atoms with E-state index in [1.165, 1.54) is 5.57 Å². The molecule has 15 heavy (non-hydrogen) atoms. The van der Waals surface area contributed by atoms with Crippen molar-refractivity contribution in [1.82, 2.24) is 0 Å². The Morgan fingerprint density at radius 3 is 2.67 bits per heavy atom. The molecule has 0 unspecified atom stereocenters. The Bertz CT molecular complexity index is 379. The number of hydrogen-bond acceptors (Lipinski definition) is 1. The van der Waals surface area contributed by atoms with Crippen LogP contribution < -0.4 is 0 Å². The Morgan fingerprint density at radius 2 is 2.00 bits per heavy atom. The summed E-state index contributed by atoms with van der Waals surface area (Å²) < 4.78 is 0. The average Bonchev–Trinajstić information content (AvgIpc) is 2.30. The van der Waals surface area contributed by atoms with E-state index in [0.29, 0.717) is 6.42 Å². The molecule has 0 bridgehead atoms. The highest BCUT2D eigenvalue weighted by Crippen LogP contribution is 2.30. The number of aliphatic carboxylic acids is 1. The van der Waals surface area contributed by atoms with Crippen LogP contribution in [0.1, 0.15) is 24.8 Å². The minimum absolute atomic E-state index is 0.204. The van der Waals surface area contributed by atoms with Gasteiger partial charge in [-0.3, -0.25) is 4.79 Å². The van der Waals surface area contributed by atoms with Crippen LogP contribution in [0, 0.1) is 5.92 Å². The van der Waals surface area contributed by atoms with Gasteiger partial charge >= 0.3 is 5.97 Å². The maximum absolute atomic E-state index is 10.9. The van der Waals surface area contributed by atoms with Crippen molar-refractivity contribution < 1.29 is 9.90 Å². The molecule has 0 heterocycles. The molecule has 0 amide bonds. The van der Waals surface area contributed by atoms with Gasteiger partial charge in [-0.2, -0.15) is 0 Å². The lowest BCUT2D eigenvalue weighted by Gasteiger charge is -2.19. The molecule has 0 saturated heterocycles. The van der Waals surface area contributed by atoms with E-state index in [9.17, 15) is 4.79 Å². The van der Waals surface area contributed by atoms with Gasteiger partial charge in [-0.25, -0.2) is 0 Å². The molecule has 1 N–H and O–H groups in total. The molecule has 2 nitrogen and oxygen atoms in total. The third-order valence-corrected chi connectivity index (χ3v) is 2.87. The molecular formula is C13H14O2. The zero-order valence-corrected chi connectivity index (χ0v) is 8.52. The first kappa shape index (κ1) is 9.97. The van der Waals surface area contributed by atoms with Gasteiger partial charge in [0.25, 0.3) is 0 Å². The number of hydrogen-bond donors (Lipinski definition) is 1. The molecule has 78 valence electrons. The monoisotopic (exact) mass is 202 g/mol. The SMILES string of the molecule is O=C(O)[C@@H]1CCC=C(c2ccccc2)C1. The molecule has 0 saturated carbocycles. The average molecular weight is 202 g/mol. The number of carboxylic acid groups (broad SMARTS) is 1. The van der Waals surface area contributed by atoms with E-state index in [4.69, 9.17) is 5.11 Å². The van der Waals surface area contributed by atoms with Crippen molar-refractivity contribution in [2.24, 2.45) is 5.92 Å². The van der Waals surface area contributed by atoms with Crippen molar-refractivity contribution in [3.63, 3.8) is 0 Å². The molecule has 0 aromatic heterocycles. The first-order valence-corrected chi connectivity index (χ1v) is 5.24. The van der Waals surface area contributed by atoms with Gasteiger partial charge in [0.1, 0.15) is 0 Å². The van der Waals surface area contributed by atoms with Crippen LogP contribution in [-0.2, 0) is 4.79 Å². The molecule has 0 fully saturated rings. The third kappa shape index (κ3) is 2.27. The number of allylic oxidation sites excluding steroid dienone is 2. The van der Waals surface area contributed by atoms with E-state index < -0.39 is 5.97 Å². The lowest BCUT2D eigenvalue weighted by molar-refractivity contribution is -0.141. The fourth-order valence-corrected chi connectivity index (χ4v) is 2.01. The van der Waals surface area contributed by atoms with Crippen LogP contribution >= 0.6 is 0 Å². The van der Waals surface area contributed by atoms with Gasteiger partial charge < -0.3 is 5.11 Å². The standard InChI is InChI=1S/C13H14O2/c14-13(15)12-8-4-7-11(9-12)10-5-2-1-3-6-10/h1-3,5-7,12H,4,8-9H2,(H,14,15)/t12-/m1/s1. The molecule has 2 rings (SSSR count). The Labute approximate surface area is 89.2 Å². The highest BCUT2D eigenvalue weighted by atomic mass is 16.4. The Kier molecular flexibility index (Phi) is 2.86. The predicted octanol–water partition coefficient (Wildman–Crippen LogP) is 2.95. The number of benzene rings is 1. The van der Waals surface area contributed by atoms with Crippen LogP contribution in [0.25, 0.3) is 5.57 Å². The molecule has 0 radical (unpaired) electrons. The van der Waals surface area contributed by atoms with Crippen LogP contribution in [0.5, 0.6) is 0 Å². The fourth-order valence-electron chi connectivity index (χ4n) is 2.01. The van der Waals surface area contributed by atoms with E-state index in [1.807, 2.05) is 30.3 Å². The van der Waals surface area contributed by atoms with Crippen molar-refractivity contribution in [2.75, 3.05) is 0 Å². The highest BCUT2D eigenvalue weighted by molar-refractivity contribution is 5.76. The second-order valence-electron chi connectivity index (χ2n) is 3.91. The first-order chi connectivity index (χ1) is 7.27. The molecular weight excluding hydrogens is 188 g/mol. The quantitative estimate of drug-likeness (QED) is 0.800. The second kappa shape index (κ2) is 4.30. The van der Waals surface area contributed by atoms with Crippen molar-refractivity contribution in [3.05, 3.63) is 42.0 Å². The van der Waals surface area contributed by atoms with Crippen molar-refractivity contribution >= 4 is 11.5 Å². The van der Waals surface area contributed by atoms with E-state index in [2.05, 4.69) is 6.08 Å². The van der Waals surface area contributed by atoms with E-state index in [0.717, 1.165) is 18.4 Å². The number of carboxylic acids is 1. The van der Waals surface area contributed by atoms with Gasteiger partial charge in [-0.05, 0) is 30.4 Å². The molecule has 1 aliphatic carbocycles. The summed E-state index contributed by atoms with van der Waals surface area (Å²) in [6.45, 7) is 0. The number of rotatable bonds is 2. The Morgan fingerprint density at radius 1 is 1.27 bits per heavy atom. The van der Waals surface area contributed by atoms with Crippen LogP contribution in [0.4, 0.5) is 0 Å². The van der Waals surface area contributed by atoms with Crippen molar-refractivity contribution in [1.29, 1.82) is 0 Å². The molecule has 0 spiro atoms. The smallest absolute Gasteiger partial charge is 0.306 e. The van der Waals surface area contributed by atoms with Crippen molar-refractivity contribution in [3.8, 4) is 0 Å². The fraction of sp³-hybridized carbons (Fsp3) is 0.308. The maximum Gasteiger partial charge on any atom is 0.306 e. The Balaban J connectivity index is 2.18. The zero-order chi connectivity index (χ0) is 10.7. The van der Waals surface area contributed by atoms with Gasteiger partial charge in [0.2, 0.25) is 0 Å². The lowest BCUT2D eigenvalue weighted by atomic mass is 9.86. The maximum atomic E-state index is 10.9. The predicted molar refractivity (Wildman–Crippen MR) is 59.4 cm³/mol. The summed E-state index contributed by atoms with van der Waals surface area (Å²) in [7, 11) is 0. The normalized spacial score (nSPS) is 20.8. The van der Waals surface area contributed by atoms with E-state index in [1.54, 1.807) is 0 Å². The molecule has 1 aliphatic rings. The summed E-state index contributed by atoms with van der Waals surface area (Å²) in [4.78, 5) is 10.9. The Hall–Kier alpha value is -1.57. The van der Waals surface area contributed by atoms with Crippen LogP contribution in [-0.4, -0.2) is 11.1 Å². The van der Waals surface area contributed by atoms with E-state index >= 15 is 0 Å². The third-order valence-electron chi connectivity index (χ3n) is 2.87. The number of carbonyl (C=O) groups is 1. The van der Waals surface area contributed by atoms with Gasteiger partial charge in [0, 0.05) is 0 Å². The minimum Gasteiger partial charge on any atom is -0.481 e. The van der Waals surface area contributed by atoms with Gasteiger partial charge in [-0.1, -0.05) is 36.4 Å². The summed E-state index contributed by atoms with van der Waals surface area (Å²) in [6.07, 6.45) is 4.47. The van der Waals surface area contributed by atoms with Gasteiger partial charge in [0.05, 0.1) is 5.92 Å². The van der Waals surface area contributed by atoms with E-state index in [-0.39, 0.29) is 5.92 Å². The summed E-state index contributed by atoms with van der Waals surface area (Å²) >= 11 is 0. The van der Waals surface area contributed by atoms with Crippen LogP contribution in [0.3, 0.4) is 0 Å². The van der Waals surface area contributed by atoms with Gasteiger partial charge in [0.15, 0.2) is 0 Å². The topological polar surface area (TPSA) is 37.3 Å². The molecule has 1 aromatic carbocycles. The first-order valence-electron chi connectivity index (χ1n) is 5.24. The summed E-state index contributed by atoms with van der Waals surface area (Å²) in [5.74, 6) is -0.873. The highest BCUT2D eigenvalue weighted by Gasteiger charge is 2.22. The molecule has 1 atom stereocenters. The van der Waals surface area contributed by atoms with Crippen molar-refractivity contribution in [2.45, 2.75) is 19.3 Å². The molecule has 1 aromatic rings. The molecule has 0 aliphatic heterocycles. The van der Waals surface area contributed by atoms with Gasteiger partial charge in [-0.15, -0.1) is 0 Å². The zero-order valence-electron chi connectivity index (χ0n) is 8.52. The lowest BCUT2D eigenvalue weighted by Crippen LogP contribution is -2.16.